The van der Waals surface area contributed by atoms with E-state index in [-0.39, 0.29) is 11.7 Å². The van der Waals surface area contributed by atoms with Gasteiger partial charge in [-0.1, -0.05) is 48.3 Å². The zero-order valence-electron chi connectivity index (χ0n) is 11.9. The molecule has 21 heavy (non-hydrogen) atoms. The lowest BCUT2D eigenvalue weighted by atomic mass is 9.91. The molecule has 0 spiro atoms. The van der Waals surface area contributed by atoms with Gasteiger partial charge in [-0.25, -0.2) is 4.39 Å². The third-order valence-electron chi connectivity index (χ3n) is 3.46. The molecule has 0 saturated carbocycles. The Morgan fingerprint density at radius 2 is 1.90 bits per heavy atom. The van der Waals surface area contributed by atoms with Crippen LogP contribution < -0.4 is 5.32 Å². The van der Waals surface area contributed by atoms with E-state index in [2.05, 4.69) is 5.32 Å². The first kappa shape index (κ1) is 16.3. The number of hydrogen-bond acceptors (Lipinski definition) is 1. The van der Waals surface area contributed by atoms with Crippen molar-refractivity contribution in [2.45, 2.75) is 19.3 Å². The van der Waals surface area contributed by atoms with Gasteiger partial charge in [0.15, 0.2) is 0 Å². The summed E-state index contributed by atoms with van der Waals surface area (Å²) in [5, 5.41) is 4.57. The van der Waals surface area contributed by atoms with Gasteiger partial charge in [-0.2, -0.15) is 0 Å². The van der Waals surface area contributed by atoms with Crippen LogP contribution in [0.3, 0.4) is 0 Å². The second-order valence-electron chi connectivity index (χ2n) is 4.97. The van der Waals surface area contributed by atoms with Gasteiger partial charge in [0.2, 0.25) is 0 Å². The summed E-state index contributed by atoms with van der Waals surface area (Å²) in [6.07, 6.45) is 0.559. The van der Waals surface area contributed by atoms with Crippen molar-refractivity contribution in [2.24, 2.45) is 0 Å². The van der Waals surface area contributed by atoms with E-state index < -0.39 is 0 Å². The van der Waals surface area contributed by atoms with Gasteiger partial charge < -0.3 is 5.32 Å². The third-order valence-corrected chi connectivity index (χ3v) is 4.04. The van der Waals surface area contributed by atoms with E-state index in [1.807, 2.05) is 31.2 Å². The molecule has 0 fully saturated rings. The molecule has 0 saturated heterocycles. The molecule has 0 radical (unpaired) electrons. The number of nitrogens with one attached hydrogen (secondary N) is 1. The normalized spacial score (nSPS) is 12.4. The summed E-state index contributed by atoms with van der Waals surface area (Å²) in [7, 11) is 0. The maximum atomic E-state index is 14.0. The van der Waals surface area contributed by atoms with E-state index >= 15 is 0 Å². The highest BCUT2D eigenvalue weighted by atomic mass is 35.5. The largest absolute Gasteiger partial charge is 0.316 e. The maximum Gasteiger partial charge on any atom is 0.126 e. The van der Waals surface area contributed by atoms with Crippen LogP contribution in [0.1, 0.15) is 24.0 Å². The zero-order chi connectivity index (χ0) is 15.2. The SMILES string of the molecule is CCNCC(Cc1cc(Cl)ccc1F)c1ccccc1Cl. The van der Waals surface area contributed by atoms with Crippen LogP contribution in [-0.2, 0) is 6.42 Å². The van der Waals surface area contributed by atoms with Crippen molar-refractivity contribution in [2.75, 3.05) is 13.1 Å². The molecule has 0 bridgehead atoms. The Balaban J connectivity index is 2.28. The van der Waals surface area contributed by atoms with Crippen LogP contribution in [0.4, 0.5) is 4.39 Å². The molecule has 112 valence electrons. The van der Waals surface area contributed by atoms with Gasteiger partial charge >= 0.3 is 0 Å². The Morgan fingerprint density at radius 1 is 1.14 bits per heavy atom. The van der Waals surface area contributed by atoms with E-state index in [0.717, 1.165) is 18.7 Å². The van der Waals surface area contributed by atoms with Crippen LogP contribution in [0.5, 0.6) is 0 Å². The van der Waals surface area contributed by atoms with Crippen LogP contribution in [-0.4, -0.2) is 13.1 Å². The van der Waals surface area contributed by atoms with Gasteiger partial charge in [0.05, 0.1) is 0 Å². The molecule has 0 heterocycles. The average molecular weight is 326 g/mol. The fourth-order valence-corrected chi connectivity index (χ4v) is 2.87. The number of halogens is 3. The Hall–Kier alpha value is -1.09. The van der Waals surface area contributed by atoms with Gasteiger partial charge in [0.25, 0.3) is 0 Å². The number of benzene rings is 2. The van der Waals surface area contributed by atoms with Crippen molar-refractivity contribution in [3.63, 3.8) is 0 Å². The monoisotopic (exact) mass is 325 g/mol. The average Bonchev–Trinajstić information content (AvgIpc) is 2.48. The predicted octanol–water partition coefficient (Wildman–Crippen LogP) is 5.07. The van der Waals surface area contributed by atoms with Crippen molar-refractivity contribution in [1.29, 1.82) is 0 Å². The number of likely N-dealkylation sites (N-methyl/N-ethyl adjacent to an activating group) is 1. The number of hydrogen-bond donors (Lipinski definition) is 1. The van der Waals surface area contributed by atoms with E-state index in [4.69, 9.17) is 23.2 Å². The first-order valence-corrected chi connectivity index (χ1v) is 7.76. The minimum absolute atomic E-state index is 0.103. The van der Waals surface area contributed by atoms with Crippen molar-refractivity contribution in [1.82, 2.24) is 5.32 Å². The highest BCUT2D eigenvalue weighted by molar-refractivity contribution is 6.31. The maximum absolute atomic E-state index is 14.0. The molecule has 1 N–H and O–H groups in total. The summed E-state index contributed by atoms with van der Waals surface area (Å²) < 4.78 is 14.0. The van der Waals surface area contributed by atoms with Crippen molar-refractivity contribution in [3.05, 3.63) is 69.5 Å². The van der Waals surface area contributed by atoms with Crippen LogP contribution in [0.2, 0.25) is 10.0 Å². The summed E-state index contributed by atoms with van der Waals surface area (Å²) in [5.74, 6) is -0.125. The first-order valence-electron chi connectivity index (χ1n) is 7.01. The van der Waals surface area contributed by atoms with Gasteiger partial charge in [-0.05, 0) is 48.4 Å². The van der Waals surface area contributed by atoms with Crippen molar-refractivity contribution >= 4 is 23.2 Å². The molecule has 1 nitrogen and oxygen atoms in total. The standard InChI is InChI=1S/C17H18Cl2FN/c1-2-21-11-13(15-5-3-4-6-16(15)19)9-12-10-14(18)7-8-17(12)20/h3-8,10,13,21H,2,9,11H2,1H3. The minimum atomic E-state index is -0.229. The Kier molecular flexibility index (Phi) is 6.04. The Morgan fingerprint density at radius 3 is 2.62 bits per heavy atom. The van der Waals surface area contributed by atoms with Crippen molar-refractivity contribution in [3.8, 4) is 0 Å². The molecular weight excluding hydrogens is 308 g/mol. The summed E-state index contributed by atoms with van der Waals surface area (Å²) in [6, 6.07) is 12.4. The molecule has 1 atom stereocenters. The van der Waals surface area contributed by atoms with Gasteiger partial charge in [0, 0.05) is 22.5 Å². The summed E-state index contributed by atoms with van der Waals surface area (Å²) in [6.45, 7) is 3.65. The molecule has 0 amide bonds. The molecule has 0 aliphatic heterocycles. The lowest BCUT2D eigenvalue weighted by Gasteiger charge is -2.19. The number of rotatable bonds is 6. The molecule has 2 rings (SSSR count). The highest BCUT2D eigenvalue weighted by Crippen LogP contribution is 2.28. The van der Waals surface area contributed by atoms with Gasteiger partial charge in [0.1, 0.15) is 5.82 Å². The quantitative estimate of drug-likeness (QED) is 0.782. The van der Waals surface area contributed by atoms with E-state index in [1.165, 1.54) is 6.07 Å². The zero-order valence-corrected chi connectivity index (χ0v) is 13.4. The van der Waals surface area contributed by atoms with E-state index in [0.29, 0.717) is 22.0 Å². The predicted molar refractivity (Wildman–Crippen MR) is 87.9 cm³/mol. The fraction of sp³-hybridized carbons (Fsp3) is 0.294. The first-order chi connectivity index (χ1) is 10.1. The fourth-order valence-electron chi connectivity index (χ4n) is 2.38. The van der Waals surface area contributed by atoms with E-state index in [9.17, 15) is 4.39 Å². The van der Waals surface area contributed by atoms with E-state index in [1.54, 1.807) is 12.1 Å². The summed E-state index contributed by atoms with van der Waals surface area (Å²) >= 11 is 12.3. The molecule has 0 aromatic heterocycles. The molecule has 2 aromatic carbocycles. The minimum Gasteiger partial charge on any atom is -0.316 e. The molecule has 2 aromatic rings. The van der Waals surface area contributed by atoms with Gasteiger partial charge in [-0.15, -0.1) is 0 Å². The van der Waals surface area contributed by atoms with Gasteiger partial charge in [-0.3, -0.25) is 0 Å². The molecule has 1 unspecified atom stereocenters. The third kappa shape index (κ3) is 4.44. The molecule has 0 aliphatic rings. The molecule has 4 heteroatoms. The summed E-state index contributed by atoms with van der Waals surface area (Å²) in [4.78, 5) is 0. The Labute approximate surface area is 135 Å². The van der Waals surface area contributed by atoms with Crippen LogP contribution in [0.15, 0.2) is 42.5 Å². The second-order valence-corrected chi connectivity index (χ2v) is 5.81. The molecule has 0 aliphatic carbocycles. The smallest absolute Gasteiger partial charge is 0.126 e. The Bertz CT molecular complexity index is 601. The highest BCUT2D eigenvalue weighted by Gasteiger charge is 2.17. The lowest BCUT2D eigenvalue weighted by Crippen LogP contribution is -2.23. The van der Waals surface area contributed by atoms with Crippen LogP contribution in [0, 0.1) is 5.82 Å². The molecular formula is C17H18Cl2FN. The summed E-state index contributed by atoms with van der Waals surface area (Å²) in [5.41, 5.74) is 1.64. The second kappa shape index (κ2) is 7.79. The lowest BCUT2D eigenvalue weighted by molar-refractivity contribution is 0.562. The van der Waals surface area contributed by atoms with Crippen LogP contribution in [0.25, 0.3) is 0 Å². The van der Waals surface area contributed by atoms with Crippen molar-refractivity contribution < 1.29 is 4.39 Å². The van der Waals surface area contributed by atoms with Crippen LogP contribution >= 0.6 is 23.2 Å². The topological polar surface area (TPSA) is 12.0 Å².